The monoisotopic (exact) mass is 211 g/mol. The van der Waals surface area contributed by atoms with E-state index in [0.29, 0.717) is 0 Å². The van der Waals surface area contributed by atoms with Crippen molar-refractivity contribution in [2.24, 2.45) is 11.3 Å². The van der Waals surface area contributed by atoms with Gasteiger partial charge in [-0.25, -0.2) is 0 Å². The smallest absolute Gasteiger partial charge is 0.323 e. The first kappa shape index (κ1) is 10.9. The molecule has 0 aromatic heterocycles. The van der Waals surface area contributed by atoms with Gasteiger partial charge in [0.2, 0.25) is 0 Å². The molecule has 15 heavy (non-hydrogen) atoms. The second-order valence-electron chi connectivity index (χ2n) is 6.05. The van der Waals surface area contributed by atoms with Crippen molar-refractivity contribution in [1.29, 1.82) is 0 Å². The van der Waals surface area contributed by atoms with Crippen LogP contribution in [0.4, 0.5) is 0 Å². The van der Waals surface area contributed by atoms with Crippen LogP contribution in [0.2, 0.25) is 0 Å². The van der Waals surface area contributed by atoms with E-state index in [4.69, 9.17) is 0 Å². The van der Waals surface area contributed by atoms with E-state index >= 15 is 0 Å². The van der Waals surface area contributed by atoms with E-state index in [1.54, 1.807) is 0 Å². The van der Waals surface area contributed by atoms with Gasteiger partial charge in [0.1, 0.15) is 5.54 Å². The Labute approximate surface area is 91.2 Å². The molecule has 0 spiro atoms. The van der Waals surface area contributed by atoms with Crippen LogP contribution >= 0.6 is 0 Å². The highest BCUT2D eigenvalue weighted by atomic mass is 16.4. The minimum atomic E-state index is -0.659. The molecule has 3 nitrogen and oxygen atoms in total. The topological polar surface area (TPSA) is 49.3 Å². The van der Waals surface area contributed by atoms with Gasteiger partial charge in [0.05, 0.1) is 0 Å². The van der Waals surface area contributed by atoms with Crippen LogP contribution < -0.4 is 5.32 Å². The lowest BCUT2D eigenvalue weighted by molar-refractivity contribution is -0.145. The third kappa shape index (κ3) is 2.33. The summed E-state index contributed by atoms with van der Waals surface area (Å²) >= 11 is 0. The van der Waals surface area contributed by atoms with Crippen molar-refractivity contribution < 1.29 is 9.90 Å². The van der Waals surface area contributed by atoms with Gasteiger partial charge in [0.25, 0.3) is 0 Å². The highest BCUT2D eigenvalue weighted by Gasteiger charge is 2.48. The summed E-state index contributed by atoms with van der Waals surface area (Å²) in [6.07, 6.45) is 5.10. The van der Waals surface area contributed by atoms with Crippen LogP contribution in [-0.4, -0.2) is 23.2 Å². The predicted octanol–water partition coefficient (Wildman–Crippen LogP) is 2.02. The van der Waals surface area contributed by atoms with Gasteiger partial charge in [0, 0.05) is 0 Å². The van der Waals surface area contributed by atoms with Crippen molar-refractivity contribution in [1.82, 2.24) is 5.32 Å². The molecule has 0 aromatic rings. The van der Waals surface area contributed by atoms with Gasteiger partial charge in [-0.3, -0.25) is 4.79 Å². The summed E-state index contributed by atoms with van der Waals surface area (Å²) in [4.78, 5) is 11.4. The zero-order chi connectivity index (χ0) is 11.1. The number of carboxylic acid groups (broad SMARTS) is 1. The highest BCUT2D eigenvalue weighted by Crippen LogP contribution is 2.44. The van der Waals surface area contributed by atoms with Crippen LogP contribution in [0.15, 0.2) is 0 Å². The molecule has 3 heteroatoms. The maximum Gasteiger partial charge on any atom is 0.323 e. The normalized spacial score (nSPS) is 34.3. The van der Waals surface area contributed by atoms with Crippen molar-refractivity contribution in [3.05, 3.63) is 0 Å². The summed E-state index contributed by atoms with van der Waals surface area (Å²) in [5, 5.41) is 12.7. The molecule has 0 aromatic carbocycles. The average Bonchev–Trinajstić information content (AvgIpc) is 2.89. The van der Waals surface area contributed by atoms with E-state index < -0.39 is 11.5 Å². The minimum Gasteiger partial charge on any atom is -0.480 e. The zero-order valence-electron chi connectivity index (χ0n) is 9.68. The lowest BCUT2D eigenvalue weighted by atomic mass is 9.87. The highest BCUT2D eigenvalue weighted by molar-refractivity contribution is 5.79. The molecule has 0 radical (unpaired) electrons. The number of aliphatic carboxylic acids is 1. The Balaban J connectivity index is 2.00. The van der Waals surface area contributed by atoms with Gasteiger partial charge in [-0.1, -0.05) is 13.8 Å². The summed E-state index contributed by atoms with van der Waals surface area (Å²) in [7, 11) is 0. The molecule has 1 atom stereocenters. The Bertz CT molecular complexity index is 271. The van der Waals surface area contributed by atoms with E-state index in [0.717, 1.165) is 31.7 Å². The summed E-state index contributed by atoms with van der Waals surface area (Å²) in [5.41, 5.74) is -0.457. The maximum absolute atomic E-state index is 11.4. The lowest BCUT2D eigenvalue weighted by Gasteiger charge is -2.28. The number of carboxylic acids is 1. The van der Waals surface area contributed by atoms with E-state index in [2.05, 4.69) is 19.2 Å². The fraction of sp³-hybridized carbons (Fsp3) is 0.917. The number of hydrogen-bond acceptors (Lipinski definition) is 2. The molecule has 2 aliphatic rings. The SMILES string of the molecule is CC1(C)CCC(NCC2CC2)(C(=O)O)C1. The molecule has 0 bridgehead atoms. The van der Waals surface area contributed by atoms with Gasteiger partial charge in [-0.05, 0) is 50.0 Å². The molecular weight excluding hydrogens is 190 g/mol. The number of rotatable bonds is 4. The van der Waals surface area contributed by atoms with Crippen molar-refractivity contribution in [2.45, 2.75) is 51.5 Å². The van der Waals surface area contributed by atoms with Crippen LogP contribution in [-0.2, 0) is 4.79 Å². The van der Waals surface area contributed by atoms with Crippen LogP contribution in [0.25, 0.3) is 0 Å². The Kier molecular flexibility index (Phi) is 2.53. The van der Waals surface area contributed by atoms with Gasteiger partial charge in [0.15, 0.2) is 0 Å². The Morgan fingerprint density at radius 2 is 2.07 bits per heavy atom. The quantitative estimate of drug-likeness (QED) is 0.748. The molecule has 1 unspecified atom stereocenters. The van der Waals surface area contributed by atoms with Gasteiger partial charge < -0.3 is 10.4 Å². The van der Waals surface area contributed by atoms with Crippen LogP contribution in [0.1, 0.15) is 46.0 Å². The van der Waals surface area contributed by atoms with Crippen LogP contribution in [0.5, 0.6) is 0 Å². The molecule has 0 saturated heterocycles. The average molecular weight is 211 g/mol. The fourth-order valence-electron chi connectivity index (χ4n) is 2.62. The van der Waals surface area contributed by atoms with E-state index in [9.17, 15) is 9.90 Å². The zero-order valence-corrected chi connectivity index (χ0v) is 9.68. The third-order valence-corrected chi connectivity index (χ3v) is 3.84. The van der Waals surface area contributed by atoms with Crippen LogP contribution in [0.3, 0.4) is 0 Å². The summed E-state index contributed by atoms with van der Waals surface area (Å²) < 4.78 is 0. The first-order valence-electron chi connectivity index (χ1n) is 5.92. The number of hydrogen-bond donors (Lipinski definition) is 2. The Morgan fingerprint density at radius 3 is 2.47 bits per heavy atom. The van der Waals surface area contributed by atoms with Crippen LogP contribution in [0, 0.1) is 11.3 Å². The molecule has 0 aliphatic heterocycles. The molecule has 0 heterocycles. The summed E-state index contributed by atoms with van der Waals surface area (Å²) in [6.45, 7) is 5.22. The second-order valence-corrected chi connectivity index (χ2v) is 6.05. The first-order chi connectivity index (χ1) is 6.94. The van der Waals surface area contributed by atoms with Gasteiger partial charge in [-0.15, -0.1) is 0 Å². The van der Waals surface area contributed by atoms with Gasteiger partial charge in [-0.2, -0.15) is 0 Å². The van der Waals surface area contributed by atoms with Crippen molar-refractivity contribution in [2.75, 3.05) is 6.54 Å². The van der Waals surface area contributed by atoms with E-state index in [1.807, 2.05) is 0 Å². The standard InChI is InChI=1S/C12H21NO2/c1-11(2)5-6-12(8-11,10(14)15)13-7-9-3-4-9/h9,13H,3-8H2,1-2H3,(H,14,15). The molecule has 0 amide bonds. The molecule has 2 N–H and O–H groups in total. The fourth-order valence-corrected chi connectivity index (χ4v) is 2.62. The number of nitrogens with one attached hydrogen (secondary N) is 1. The molecule has 2 saturated carbocycles. The lowest BCUT2D eigenvalue weighted by Crippen LogP contribution is -2.51. The van der Waals surface area contributed by atoms with E-state index in [-0.39, 0.29) is 5.41 Å². The Hall–Kier alpha value is -0.570. The number of carbonyl (C=O) groups is 1. The Morgan fingerprint density at radius 1 is 1.40 bits per heavy atom. The minimum absolute atomic E-state index is 0.176. The summed E-state index contributed by atoms with van der Waals surface area (Å²) in [6, 6.07) is 0. The molecule has 2 rings (SSSR count). The van der Waals surface area contributed by atoms with Crippen molar-refractivity contribution in [3.8, 4) is 0 Å². The molecule has 86 valence electrons. The van der Waals surface area contributed by atoms with E-state index in [1.165, 1.54) is 12.8 Å². The van der Waals surface area contributed by atoms with Gasteiger partial charge >= 0.3 is 5.97 Å². The molecule has 2 fully saturated rings. The summed E-state index contributed by atoms with van der Waals surface area (Å²) in [5.74, 6) is 0.0821. The van der Waals surface area contributed by atoms with Crippen molar-refractivity contribution in [3.63, 3.8) is 0 Å². The van der Waals surface area contributed by atoms with Crippen molar-refractivity contribution >= 4 is 5.97 Å². The molecule has 2 aliphatic carbocycles. The maximum atomic E-state index is 11.4. The molecular formula is C12H21NO2. The largest absolute Gasteiger partial charge is 0.480 e. The predicted molar refractivity (Wildman–Crippen MR) is 58.7 cm³/mol. The second kappa shape index (κ2) is 3.48. The first-order valence-corrected chi connectivity index (χ1v) is 5.92. The third-order valence-electron chi connectivity index (χ3n) is 3.84.